The molecule has 2 saturated heterocycles. The summed E-state index contributed by atoms with van der Waals surface area (Å²) in [6.07, 6.45) is 2.08. The van der Waals surface area contributed by atoms with Gasteiger partial charge in [-0.25, -0.2) is 17.5 Å². The molecule has 4 heterocycles. The number of anilines is 2. The molecule has 6 rings (SSSR count). The van der Waals surface area contributed by atoms with Crippen LogP contribution in [0.25, 0.3) is 11.0 Å². The summed E-state index contributed by atoms with van der Waals surface area (Å²) in [6.45, 7) is 8.42. The first-order valence-corrected chi connectivity index (χ1v) is 18.7. The summed E-state index contributed by atoms with van der Waals surface area (Å²) in [5.41, 5.74) is 9.97. The van der Waals surface area contributed by atoms with E-state index in [4.69, 9.17) is 19.6 Å². The van der Waals surface area contributed by atoms with Gasteiger partial charge >= 0.3 is 5.63 Å². The molecule has 15 heteroatoms. The fourth-order valence-corrected chi connectivity index (χ4v) is 9.03. The second-order valence-electron chi connectivity index (χ2n) is 13.9. The zero-order chi connectivity index (χ0) is 36.9. The van der Waals surface area contributed by atoms with Crippen molar-refractivity contribution >= 4 is 44.2 Å². The number of ether oxygens (including phenoxy) is 2. The summed E-state index contributed by atoms with van der Waals surface area (Å²) in [5.74, 6) is -1.75. The maximum Gasteiger partial charge on any atom is 0.341 e. The fourth-order valence-electron chi connectivity index (χ4n) is 7.83. The molecular weight excluding hydrogens is 676 g/mol. The Labute approximate surface area is 298 Å². The summed E-state index contributed by atoms with van der Waals surface area (Å²) in [4.78, 5) is 48.7. The van der Waals surface area contributed by atoms with Gasteiger partial charge in [0.15, 0.2) is 5.75 Å². The second-order valence-corrected chi connectivity index (χ2v) is 16.0. The average molecular weight is 725 g/mol. The number of sulfonamides is 1. The molecule has 0 saturated carbocycles. The molecule has 2 fully saturated rings. The Bertz CT molecular complexity index is 2060. The third-order valence-electron chi connectivity index (χ3n) is 10.6. The number of carbonyl (C=O) groups is 2. The van der Waals surface area contributed by atoms with Crippen LogP contribution in [0.15, 0.2) is 26.2 Å². The van der Waals surface area contributed by atoms with Crippen molar-refractivity contribution in [2.75, 3.05) is 91.0 Å². The van der Waals surface area contributed by atoms with E-state index in [1.54, 1.807) is 7.11 Å². The lowest BCUT2D eigenvalue weighted by atomic mass is 9.92. The number of nitrogens with zero attached hydrogens (tertiary/aromatic N) is 5. The Morgan fingerprint density at radius 1 is 1.00 bits per heavy atom. The maximum atomic E-state index is 14.5. The number of likely N-dealkylation sites (N-methyl/N-ethyl adjacent to an activating group) is 1. The van der Waals surface area contributed by atoms with Gasteiger partial charge in [-0.2, -0.15) is 0 Å². The third kappa shape index (κ3) is 6.34. The highest BCUT2D eigenvalue weighted by molar-refractivity contribution is 7.89. The van der Waals surface area contributed by atoms with Gasteiger partial charge < -0.3 is 34.3 Å². The molecule has 0 aliphatic carbocycles. The van der Waals surface area contributed by atoms with Crippen LogP contribution in [0.2, 0.25) is 0 Å². The predicted molar refractivity (Wildman–Crippen MR) is 195 cm³/mol. The van der Waals surface area contributed by atoms with Crippen LogP contribution in [-0.2, 0) is 27.7 Å². The van der Waals surface area contributed by atoms with Gasteiger partial charge in [-0.05, 0) is 63.4 Å². The second kappa shape index (κ2) is 14.1. The predicted octanol–water partition coefficient (Wildman–Crippen LogP) is 2.33. The van der Waals surface area contributed by atoms with E-state index < -0.39 is 32.4 Å². The minimum Gasteiger partial charge on any atom is -0.494 e. The molecule has 2 amide bonds. The number of piperazine rings is 1. The third-order valence-corrected chi connectivity index (χ3v) is 12.5. The van der Waals surface area contributed by atoms with Crippen molar-refractivity contribution in [1.82, 2.24) is 14.1 Å². The minimum atomic E-state index is -4.32. The molecule has 1 aromatic heterocycles. The van der Waals surface area contributed by atoms with Gasteiger partial charge in [0.25, 0.3) is 11.8 Å². The SMILES string of the molecule is COCC1CN(c2cc(C)c3c4c(c(=O)oc3c2C)CN(C(=O)c2cc(N3CCCC3)c(C(N)=O)c(OC)c2S(=O)(=O)N(C)C)CC4)CCN1C. The van der Waals surface area contributed by atoms with Crippen molar-refractivity contribution in [2.45, 2.75) is 50.6 Å². The number of methoxy groups -OCH3 is 2. The van der Waals surface area contributed by atoms with E-state index in [0.29, 0.717) is 43.0 Å². The molecule has 0 bridgehead atoms. The summed E-state index contributed by atoms with van der Waals surface area (Å²) in [5, 5.41) is 0.861. The largest absolute Gasteiger partial charge is 0.494 e. The van der Waals surface area contributed by atoms with E-state index in [1.807, 2.05) is 18.7 Å². The lowest BCUT2D eigenvalue weighted by Gasteiger charge is -2.41. The van der Waals surface area contributed by atoms with Crippen molar-refractivity contribution in [3.63, 3.8) is 0 Å². The highest BCUT2D eigenvalue weighted by atomic mass is 32.2. The fraction of sp³-hybridized carbons (Fsp3) is 0.528. The standard InChI is InChI=1S/C36H48N6O8S/c1-21-16-27(41-15-14-39(5)23(18-41)20-48-6)22(2)31-29(21)24-10-13-42(19-26(24)36(45)50-31)35(44)25-17-28(40-11-8-9-12-40)30(34(37)43)32(49-7)33(25)51(46,47)38(3)4/h16-17,23H,8-15,18-20H2,1-7H3,(H2,37,43). The smallest absolute Gasteiger partial charge is 0.341 e. The molecule has 3 aliphatic heterocycles. The Hall–Kier alpha value is -4.18. The molecule has 1 atom stereocenters. The topological polar surface area (TPSA) is 159 Å². The summed E-state index contributed by atoms with van der Waals surface area (Å²) in [6, 6.07) is 3.82. The summed E-state index contributed by atoms with van der Waals surface area (Å²) in [7, 11) is 3.41. The van der Waals surface area contributed by atoms with Crippen LogP contribution in [-0.4, -0.2) is 122 Å². The van der Waals surface area contributed by atoms with Crippen LogP contribution in [0.1, 0.15) is 55.8 Å². The summed E-state index contributed by atoms with van der Waals surface area (Å²) >= 11 is 0. The van der Waals surface area contributed by atoms with E-state index in [2.05, 4.69) is 22.9 Å². The van der Waals surface area contributed by atoms with Crippen LogP contribution < -0.4 is 25.9 Å². The van der Waals surface area contributed by atoms with Crippen molar-refractivity contribution < 1.29 is 31.9 Å². The first kappa shape index (κ1) is 36.6. The number of nitrogens with two attached hydrogens (primary N) is 1. The normalized spacial score (nSPS) is 18.5. The van der Waals surface area contributed by atoms with Crippen molar-refractivity contribution in [1.29, 1.82) is 0 Å². The number of aryl methyl sites for hydroxylation is 2. The highest BCUT2D eigenvalue weighted by Crippen LogP contribution is 2.42. The number of hydrogen-bond acceptors (Lipinski definition) is 11. The molecule has 2 N–H and O–H groups in total. The number of primary amides is 1. The Morgan fingerprint density at radius 2 is 1.71 bits per heavy atom. The average Bonchev–Trinajstić information content (AvgIpc) is 3.64. The van der Waals surface area contributed by atoms with Gasteiger partial charge in [-0.1, -0.05) is 0 Å². The molecular formula is C36H48N6O8S. The maximum absolute atomic E-state index is 14.5. The van der Waals surface area contributed by atoms with Gasteiger partial charge in [0.2, 0.25) is 10.0 Å². The lowest BCUT2D eigenvalue weighted by molar-refractivity contribution is 0.0727. The molecule has 276 valence electrons. The number of benzene rings is 2. The van der Waals surface area contributed by atoms with Crippen LogP contribution in [0.5, 0.6) is 5.75 Å². The monoisotopic (exact) mass is 724 g/mol. The lowest BCUT2D eigenvalue weighted by Crippen LogP contribution is -2.53. The Kier molecular flexibility index (Phi) is 10.1. The molecule has 2 aromatic carbocycles. The van der Waals surface area contributed by atoms with Gasteiger partial charge in [0.1, 0.15) is 16.0 Å². The Balaban J connectivity index is 1.43. The van der Waals surface area contributed by atoms with Crippen molar-refractivity contribution in [3.8, 4) is 5.75 Å². The zero-order valence-corrected chi connectivity index (χ0v) is 31.3. The molecule has 3 aliphatic rings. The molecule has 3 aromatic rings. The highest BCUT2D eigenvalue weighted by Gasteiger charge is 2.38. The van der Waals surface area contributed by atoms with Crippen LogP contribution in [0.4, 0.5) is 11.4 Å². The first-order chi connectivity index (χ1) is 24.2. The minimum absolute atomic E-state index is 0.0791. The first-order valence-electron chi connectivity index (χ1n) is 17.3. The van der Waals surface area contributed by atoms with E-state index in [9.17, 15) is 22.8 Å². The van der Waals surface area contributed by atoms with E-state index in [-0.39, 0.29) is 36.0 Å². The van der Waals surface area contributed by atoms with Gasteiger partial charge in [-0.15, -0.1) is 0 Å². The quantitative estimate of drug-likeness (QED) is 0.323. The number of amides is 2. The van der Waals surface area contributed by atoms with E-state index >= 15 is 0 Å². The molecule has 51 heavy (non-hydrogen) atoms. The van der Waals surface area contributed by atoms with Gasteiger partial charge in [-0.3, -0.25) is 14.5 Å². The van der Waals surface area contributed by atoms with Crippen LogP contribution >= 0.6 is 0 Å². The number of fused-ring (bicyclic) bond motifs is 3. The molecule has 1 unspecified atom stereocenters. The molecule has 14 nitrogen and oxygen atoms in total. The molecule has 0 spiro atoms. The van der Waals surface area contributed by atoms with E-state index in [1.165, 1.54) is 32.2 Å². The molecule has 0 radical (unpaired) electrons. The van der Waals surface area contributed by atoms with Crippen molar-refractivity contribution in [2.24, 2.45) is 5.73 Å². The van der Waals surface area contributed by atoms with Gasteiger partial charge in [0, 0.05) is 77.1 Å². The number of hydrogen-bond donors (Lipinski definition) is 1. The number of carbonyl (C=O) groups excluding carboxylic acids is 2. The van der Waals surface area contributed by atoms with Gasteiger partial charge in [0.05, 0.1) is 43.1 Å². The zero-order valence-electron chi connectivity index (χ0n) is 30.5. The summed E-state index contributed by atoms with van der Waals surface area (Å²) < 4.78 is 45.8. The van der Waals surface area contributed by atoms with Crippen molar-refractivity contribution in [3.05, 3.63) is 55.9 Å². The van der Waals surface area contributed by atoms with Crippen LogP contribution in [0.3, 0.4) is 0 Å². The van der Waals surface area contributed by atoms with Crippen LogP contribution in [0, 0.1) is 13.8 Å². The Morgan fingerprint density at radius 3 is 2.33 bits per heavy atom. The van der Waals surface area contributed by atoms with E-state index in [0.717, 1.165) is 64.5 Å². The number of rotatable bonds is 9.